The van der Waals surface area contributed by atoms with Gasteiger partial charge in [-0.1, -0.05) is 26.2 Å². The predicted octanol–water partition coefficient (Wildman–Crippen LogP) is 4.48. The van der Waals surface area contributed by atoms with E-state index in [0.29, 0.717) is 18.1 Å². The minimum Gasteiger partial charge on any atom is -0.378 e. The highest BCUT2D eigenvalue weighted by Crippen LogP contribution is 2.27. The van der Waals surface area contributed by atoms with Crippen molar-refractivity contribution >= 4 is 29.9 Å². The zero-order valence-corrected chi connectivity index (χ0v) is 20.6. The summed E-state index contributed by atoms with van der Waals surface area (Å²) < 4.78 is 8.27. The number of halogens is 1. The molecule has 1 N–H and O–H groups in total. The van der Waals surface area contributed by atoms with Crippen molar-refractivity contribution in [3.8, 4) is 0 Å². The fraction of sp³-hybridized carbons (Fsp3) is 0.818. The molecular weight excluding hydrogens is 477 g/mol. The molecule has 2 atom stereocenters. The van der Waals surface area contributed by atoms with Crippen molar-refractivity contribution in [3.05, 3.63) is 18.7 Å². The van der Waals surface area contributed by atoms with E-state index in [-0.39, 0.29) is 24.0 Å². The maximum absolute atomic E-state index is 6.02. The Bertz CT molecular complexity index is 574. The fourth-order valence-corrected chi connectivity index (χ4v) is 4.51. The summed E-state index contributed by atoms with van der Waals surface area (Å²) in [6.45, 7) is 6.31. The lowest BCUT2D eigenvalue weighted by atomic mass is 9.93. The molecule has 1 aromatic rings. The zero-order valence-electron chi connectivity index (χ0n) is 18.3. The lowest BCUT2D eigenvalue weighted by molar-refractivity contribution is 0.0264. The van der Waals surface area contributed by atoms with Crippen LogP contribution in [0.2, 0.25) is 0 Å². The number of rotatable bonds is 8. The van der Waals surface area contributed by atoms with Gasteiger partial charge in [-0.2, -0.15) is 0 Å². The molecule has 3 rings (SSSR count). The molecule has 0 spiro atoms. The van der Waals surface area contributed by atoms with Crippen LogP contribution in [0.5, 0.6) is 0 Å². The van der Waals surface area contributed by atoms with Crippen LogP contribution in [0.15, 0.2) is 23.7 Å². The number of nitrogens with one attached hydrogen (secondary N) is 1. The highest BCUT2D eigenvalue weighted by Gasteiger charge is 2.28. The lowest BCUT2D eigenvalue weighted by Gasteiger charge is -2.39. The van der Waals surface area contributed by atoms with Crippen LogP contribution < -0.4 is 5.32 Å². The van der Waals surface area contributed by atoms with E-state index in [1.807, 2.05) is 19.6 Å². The minimum atomic E-state index is 0. The maximum atomic E-state index is 6.02. The first-order chi connectivity index (χ1) is 13.8. The Kier molecular flexibility index (Phi) is 11.4. The van der Waals surface area contributed by atoms with Gasteiger partial charge in [-0.05, 0) is 44.4 Å². The minimum absolute atomic E-state index is 0. The molecule has 0 aromatic carbocycles. The van der Waals surface area contributed by atoms with E-state index in [2.05, 4.69) is 37.9 Å². The number of guanidine groups is 1. The van der Waals surface area contributed by atoms with Gasteiger partial charge in [0.15, 0.2) is 5.96 Å². The van der Waals surface area contributed by atoms with Gasteiger partial charge in [-0.25, -0.2) is 4.98 Å². The highest BCUT2D eigenvalue weighted by molar-refractivity contribution is 14.0. The molecule has 7 heteroatoms. The third-order valence-corrected chi connectivity index (χ3v) is 6.35. The van der Waals surface area contributed by atoms with Crippen molar-refractivity contribution in [2.24, 2.45) is 10.9 Å². The van der Waals surface area contributed by atoms with Gasteiger partial charge >= 0.3 is 0 Å². The van der Waals surface area contributed by atoms with Crippen LogP contribution in [0.1, 0.15) is 70.8 Å². The second kappa shape index (κ2) is 13.5. The SMILES string of the molecule is CN=C(NCCCCCOC1CCCCC1)N1CCC(C)C(n2ccnc2)C1.I. The molecule has 1 aromatic heterocycles. The van der Waals surface area contributed by atoms with Crippen LogP contribution in [0, 0.1) is 5.92 Å². The Hall–Kier alpha value is -0.830. The second-order valence-corrected chi connectivity index (χ2v) is 8.45. The van der Waals surface area contributed by atoms with Gasteiger partial charge in [0.25, 0.3) is 0 Å². The van der Waals surface area contributed by atoms with Gasteiger partial charge < -0.3 is 19.5 Å². The first kappa shape index (κ1) is 24.4. The number of ether oxygens (including phenoxy) is 1. The lowest BCUT2D eigenvalue weighted by Crippen LogP contribution is -2.49. The van der Waals surface area contributed by atoms with Crippen LogP contribution >= 0.6 is 24.0 Å². The van der Waals surface area contributed by atoms with Crippen LogP contribution in [-0.2, 0) is 4.74 Å². The largest absolute Gasteiger partial charge is 0.378 e. The Morgan fingerprint density at radius 1 is 1.17 bits per heavy atom. The van der Waals surface area contributed by atoms with Crippen molar-refractivity contribution in [2.45, 2.75) is 76.9 Å². The third kappa shape index (κ3) is 7.74. The molecular formula is C22H40IN5O. The summed E-state index contributed by atoms with van der Waals surface area (Å²) >= 11 is 0. The summed E-state index contributed by atoms with van der Waals surface area (Å²) in [6, 6.07) is 0.465. The maximum Gasteiger partial charge on any atom is 0.193 e. The van der Waals surface area contributed by atoms with Crippen LogP contribution in [-0.4, -0.2) is 59.8 Å². The number of likely N-dealkylation sites (tertiary alicyclic amines) is 1. The van der Waals surface area contributed by atoms with E-state index in [0.717, 1.165) is 32.2 Å². The number of aromatic nitrogens is 2. The fourth-order valence-electron chi connectivity index (χ4n) is 4.51. The van der Waals surface area contributed by atoms with E-state index < -0.39 is 0 Å². The monoisotopic (exact) mass is 517 g/mol. The van der Waals surface area contributed by atoms with E-state index in [1.54, 1.807) is 0 Å². The van der Waals surface area contributed by atoms with Crippen molar-refractivity contribution in [1.82, 2.24) is 19.8 Å². The molecule has 2 heterocycles. The summed E-state index contributed by atoms with van der Waals surface area (Å²) in [5.41, 5.74) is 0. The third-order valence-electron chi connectivity index (χ3n) is 6.35. The molecule has 1 saturated carbocycles. The quantitative estimate of drug-likeness (QED) is 0.239. The molecule has 1 aliphatic carbocycles. The summed E-state index contributed by atoms with van der Waals surface area (Å²) in [6.07, 6.45) is 17.8. The molecule has 2 unspecified atom stereocenters. The Balaban J connectivity index is 0.00000300. The first-order valence-electron chi connectivity index (χ1n) is 11.3. The number of unbranched alkanes of at least 4 members (excludes halogenated alkanes) is 2. The molecule has 0 bridgehead atoms. The number of imidazole rings is 1. The Labute approximate surface area is 193 Å². The number of nitrogens with zero attached hydrogens (tertiary/aromatic N) is 4. The molecule has 1 saturated heterocycles. The molecule has 2 fully saturated rings. The van der Waals surface area contributed by atoms with Gasteiger partial charge in [0.2, 0.25) is 0 Å². The number of hydrogen-bond acceptors (Lipinski definition) is 3. The zero-order chi connectivity index (χ0) is 19.6. The van der Waals surface area contributed by atoms with E-state index in [4.69, 9.17) is 4.74 Å². The van der Waals surface area contributed by atoms with E-state index in [1.165, 1.54) is 57.8 Å². The summed E-state index contributed by atoms with van der Waals surface area (Å²) in [5.74, 6) is 1.70. The molecule has 0 radical (unpaired) electrons. The Morgan fingerprint density at radius 2 is 2.00 bits per heavy atom. The Morgan fingerprint density at radius 3 is 2.72 bits per heavy atom. The summed E-state index contributed by atoms with van der Waals surface area (Å²) in [7, 11) is 1.89. The first-order valence-corrected chi connectivity index (χ1v) is 11.3. The standard InChI is InChI=1S/C22H39N5O.HI/c1-19-11-14-26(17-21(19)27-15-13-24-18-27)22(23-2)25-12-7-4-8-16-28-20-9-5-3-6-10-20;/h13,15,18-21H,3-12,14,16-17H2,1-2H3,(H,23,25);1H. The number of aliphatic imine (C=N–C) groups is 1. The van der Waals surface area contributed by atoms with Gasteiger partial charge in [-0.3, -0.25) is 4.99 Å². The van der Waals surface area contributed by atoms with Gasteiger partial charge in [0.05, 0.1) is 18.5 Å². The van der Waals surface area contributed by atoms with Crippen molar-refractivity contribution in [2.75, 3.05) is 33.3 Å². The average Bonchev–Trinajstić information content (AvgIpc) is 3.26. The molecule has 0 amide bonds. The van der Waals surface area contributed by atoms with E-state index in [9.17, 15) is 0 Å². The molecule has 29 heavy (non-hydrogen) atoms. The highest BCUT2D eigenvalue weighted by atomic mass is 127. The topological polar surface area (TPSA) is 54.7 Å². The predicted molar refractivity (Wildman–Crippen MR) is 130 cm³/mol. The van der Waals surface area contributed by atoms with Crippen LogP contribution in [0.3, 0.4) is 0 Å². The molecule has 6 nitrogen and oxygen atoms in total. The van der Waals surface area contributed by atoms with Crippen molar-refractivity contribution in [1.29, 1.82) is 0 Å². The van der Waals surface area contributed by atoms with E-state index >= 15 is 0 Å². The average molecular weight is 518 g/mol. The van der Waals surface area contributed by atoms with Gasteiger partial charge in [-0.15, -0.1) is 24.0 Å². The number of piperidine rings is 1. The smallest absolute Gasteiger partial charge is 0.193 e. The number of hydrogen-bond donors (Lipinski definition) is 1. The molecule has 166 valence electrons. The van der Waals surface area contributed by atoms with Gasteiger partial charge in [0.1, 0.15) is 0 Å². The molecule has 1 aliphatic heterocycles. The molecule has 2 aliphatic rings. The van der Waals surface area contributed by atoms with Crippen LogP contribution in [0.4, 0.5) is 0 Å². The van der Waals surface area contributed by atoms with Crippen LogP contribution in [0.25, 0.3) is 0 Å². The van der Waals surface area contributed by atoms with Crippen molar-refractivity contribution < 1.29 is 4.74 Å². The van der Waals surface area contributed by atoms with Gasteiger partial charge in [0, 0.05) is 45.7 Å². The summed E-state index contributed by atoms with van der Waals surface area (Å²) in [4.78, 5) is 11.2. The van der Waals surface area contributed by atoms with Crippen molar-refractivity contribution in [3.63, 3.8) is 0 Å². The second-order valence-electron chi connectivity index (χ2n) is 8.45. The summed E-state index contributed by atoms with van der Waals surface area (Å²) in [5, 5.41) is 3.57. The normalized spacial score (nSPS) is 23.7.